The van der Waals surface area contributed by atoms with Gasteiger partial charge in [-0.05, 0) is 45.1 Å². The van der Waals surface area contributed by atoms with Gasteiger partial charge in [0, 0.05) is 17.5 Å². The van der Waals surface area contributed by atoms with E-state index in [2.05, 4.69) is 10.5 Å². The second-order valence-corrected chi connectivity index (χ2v) is 9.35. The zero-order valence-electron chi connectivity index (χ0n) is 16.1. The van der Waals surface area contributed by atoms with Gasteiger partial charge in [0.25, 0.3) is 5.56 Å². The number of nitrogens with zero attached hydrogens (tertiary/aromatic N) is 3. The van der Waals surface area contributed by atoms with Gasteiger partial charge >= 0.3 is 0 Å². The van der Waals surface area contributed by atoms with E-state index in [0.29, 0.717) is 23.3 Å². The predicted octanol–water partition coefficient (Wildman–Crippen LogP) is 3.77. The van der Waals surface area contributed by atoms with Crippen LogP contribution in [0.5, 0.6) is 0 Å². The fourth-order valence-corrected chi connectivity index (χ4v) is 5.67. The summed E-state index contributed by atoms with van der Waals surface area (Å²) in [6.07, 6.45) is 3.92. The van der Waals surface area contributed by atoms with Gasteiger partial charge in [0.1, 0.15) is 10.6 Å². The van der Waals surface area contributed by atoms with Crippen LogP contribution < -0.4 is 10.9 Å². The standard InChI is InChI=1S/C19H22N4O3S2/c1-4-8-23-18(25)15-12-6-5-7-13(12)28-17(15)21-19(23)27-11(3)16(24)20-14-9-10(2)26-22-14/h9,11H,4-8H2,1-3H3,(H,20,22,24). The zero-order chi connectivity index (χ0) is 19.8. The maximum absolute atomic E-state index is 13.2. The quantitative estimate of drug-likeness (QED) is 0.484. The smallest absolute Gasteiger partial charge is 0.263 e. The molecule has 1 unspecified atom stereocenters. The molecule has 3 heterocycles. The average Bonchev–Trinajstić information content (AvgIpc) is 3.34. The third-order valence-electron chi connectivity index (χ3n) is 4.77. The van der Waals surface area contributed by atoms with Gasteiger partial charge in [-0.3, -0.25) is 14.2 Å². The molecule has 0 aromatic carbocycles. The molecule has 0 aliphatic heterocycles. The van der Waals surface area contributed by atoms with Crippen molar-refractivity contribution in [2.45, 2.75) is 63.4 Å². The molecule has 1 aliphatic carbocycles. The van der Waals surface area contributed by atoms with Crippen LogP contribution in [0.1, 0.15) is 42.9 Å². The molecule has 4 rings (SSSR count). The van der Waals surface area contributed by atoms with Crippen LogP contribution >= 0.6 is 23.1 Å². The van der Waals surface area contributed by atoms with Crippen molar-refractivity contribution in [3.05, 3.63) is 32.6 Å². The number of hydrogen-bond donors (Lipinski definition) is 1. The van der Waals surface area contributed by atoms with Gasteiger partial charge < -0.3 is 9.84 Å². The molecule has 1 amide bonds. The van der Waals surface area contributed by atoms with E-state index in [4.69, 9.17) is 9.51 Å². The summed E-state index contributed by atoms with van der Waals surface area (Å²) in [5.74, 6) is 0.814. The highest BCUT2D eigenvalue weighted by Crippen LogP contribution is 2.36. The van der Waals surface area contributed by atoms with Gasteiger partial charge in [0.2, 0.25) is 5.91 Å². The van der Waals surface area contributed by atoms with Crippen molar-refractivity contribution in [1.82, 2.24) is 14.7 Å². The number of hydrogen-bond acceptors (Lipinski definition) is 7. The number of carbonyl (C=O) groups excluding carboxylic acids is 1. The molecule has 1 aliphatic rings. The van der Waals surface area contributed by atoms with Crippen LogP contribution in [0.2, 0.25) is 0 Å². The summed E-state index contributed by atoms with van der Waals surface area (Å²) in [6, 6.07) is 1.67. The first-order valence-electron chi connectivity index (χ1n) is 9.43. The Morgan fingerprint density at radius 3 is 3.00 bits per heavy atom. The molecule has 3 aromatic heterocycles. The van der Waals surface area contributed by atoms with Crippen LogP contribution in [0.4, 0.5) is 5.82 Å². The lowest BCUT2D eigenvalue weighted by atomic mass is 10.2. The number of carbonyl (C=O) groups is 1. The van der Waals surface area contributed by atoms with Gasteiger partial charge in [-0.15, -0.1) is 11.3 Å². The van der Waals surface area contributed by atoms with E-state index in [1.807, 2.05) is 6.92 Å². The van der Waals surface area contributed by atoms with Crippen molar-refractivity contribution in [3.63, 3.8) is 0 Å². The second kappa shape index (κ2) is 7.71. The van der Waals surface area contributed by atoms with E-state index >= 15 is 0 Å². The van der Waals surface area contributed by atoms with Crippen molar-refractivity contribution in [2.75, 3.05) is 5.32 Å². The molecule has 0 spiro atoms. The van der Waals surface area contributed by atoms with E-state index < -0.39 is 5.25 Å². The summed E-state index contributed by atoms with van der Waals surface area (Å²) < 4.78 is 6.70. The van der Waals surface area contributed by atoms with Crippen LogP contribution in [0.25, 0.3) is 10.2 Å². The lowest BCUT2D eigenvalue weighted by Gasteiger charge is -2.14. The maximum Gasteiger partial charge on any atom is 0.263 e. The first-order chi connectivity index (χ1) is 13.5. The molecule has 28 heavy (non-hydrogen) atoms. The number of nitrogens with one attached hydrogen (secondary N) is 1. The second-order valence-electron chi connectivity index (χ2n) is 6.96. The van der Waals surface area contributed by atoms with Gasteiger partial charge in [0.15, 0.2) is 11.0 Å². The van der Waals surface area contributed by atoms with Crippen LogP contribution in [0, 0.1) is 6.92 Å². The van der Waals surface area contributed by atoms with Crippen LogP contribution in [0.15, 0.2) is 20.5 Å². The molecule has 148 valence electrons. The third kappa shape index (κ3) is 3.48. The van der Waals surface area contributed by atoms with Gasteiger partial charge in [-0.25, -0.2) is 4.98 Å². The molecule has 0 bridgehead atoms. The molecule has 0 saturated heterocycles. The molecule has 3 aromatic rings. The number of aromatic nitrogens is 3. The average molecular weight is 419 g/mol. The summed E-state index contributed by atoms with van der Waals surface area (Å²) >= 11 is 2.92. The van der Waals surface area contributed by atoms with E-state index in [1.54, 1.807) is 35.8 Å². The minimum Gasteiger partial charge on any atom is -0.360 e. The molecular formula is C19H22N4O3S2. The molecule has 0 saturated carbocycles. The van der Waals surface area contributed by atoms with Crippen LogP contribution in [0.3, 0.4) is 0 Å². The SMILES string of the molecule is CCCn1c(SC(C)C(=O)Nc2cc(C)on2)nc2sc3c(c2c1=O)CCC3. The normalized spacial score (nSPS) is 14.4. The number of fused-ring (bicyclic) bond motifs is 3. The van der Waals surface area contributed by atoms with Crippen LogP contribution in [-0.2, 0) is 24.2 Å². The van der Waals surface area contributed by atoms with Gasteiger partial charge in [-0.2, -0.15) is 0 Å². The topological polar surface area (TPSA) is 90.0 Å². The Morgan fingerprint density at radius 2 is 2.29 bits per heavy atom. The van der Waals surface area contributed by atoms with Crippen LogP contribution in [-0.4, -0.2) is 25.9 Å². The number of thioether (sulfide) groups is 1. The Kier molecular flexibility index (Phi) is 5.29. The van der Waals surface area contributed by atoms with Crippen molar-refractivity contribution < 1.29 is 9.32 Å². The molecule has 1 atom stereocenters. The van der Waals surface area contributed by atoms with Gasteiger partial charge in [-0.1, -0.05) is 23.8 Å². The monoisotopic (exact) mass is 418 g/mol. The van der Waals surface area contributed by atoms with Crippen molar-refractivity contribution in [1.29, 1.82) is 0 Å². The Labute approximate surface area is 170 Å². The predicted molar refractivity (Wildman–Crippen MR) is 111 cm³/mol. The largest absolute Gasteiger partial charge is 0.360 e. The Bertz CT molecular complexity index is 1100. The van der Waals surface area contributed by atoms with E-state index in [-0.39, 0.29) is 11.5 Å². The molecule has 0 radical (unpaired) electrons. The number of amides is 1. The Hall–Kier alpha value is -2.13. The van der Waals surface area contributed by atoms with Crippen molar-refractivity contribution in [2.24, 2.45) is 0 Å². The lowest BCUT2D eigenvalue weighted by molar-refractivity contribution is -0.115. The fourth-order valence-electron chi connectivity index (χ4n) is 3.43. The highest BCUT2D eigenvalue weighted by Gasteiger charge is 2.25. The maximum atomic E-state index is 13.2. The summed E-state index contributed by atoms with van der Waals surface area (Å²) in [6.45, 7) is 6.19. The molecule has 7 nitrogen and oxygen atoms in total. The van der Waals surface area contributed by atoms with E-state index in [1.165, 1.54) is 22.2 Å². The number of rotatable bonds is 6. The summed E-state index contributed by atoms with van der Waals surface area (Å²) in [7, 11) is 0. The minimum absolute atomic E-state index is 0.0217. The lowest BCUT2D eigenvalue weighted by Crippen LogP contribution is -2.27. The van der Waals surface area contributed by atoms with Crippen molar-refractivity contribution >= 4 is 45.0 Å². The Balaban J connectivity index is 1.64. The minimum atomic E-state index is -0.434. The molecular weight excluding hydrogens is 396 g/mol. The number of anilines is 1. The fraction of sp³-hybridized carbons (Fsp3) is 0.474. The highest BCUT2D eigenvalue weighted by molar-refractivity contribution is 8.00. The Morgan fingerprint density at radius 1 is 1.46 bits per heavy atom. The van der Waals surface area contributed by atoms with E-state index in [9.17, 15) is 9.59 Å². The molecule has 0 fully saturated rings. The first kappa shape index (κ1) is 19.2. The summed E-state index contributed by atoms with van der Waals surface area (Å²) in [5, 5.41) is 7.47. The number of aryl methyl sites for hydroxylation is 3. The zero-order valence-corrected chi connectivity index (χ0v) is 17.7. The third-order valence-corrected chi connectivity index (χ3v) is 7.04. The highest BCUT2D eigenvalue weighted by atomic mass is 32.2. The van der Waals surface area contributed by atoms with Gasteiger partial charge in [0.05, 0.1) is 10.6 Å². The van der Waals surface area contributed by atoms with E-state index in [0.717, 1.165) is 35.9 Å². The molecule has 1 N–H and O–H groups in total. The number of thiophene rings is 1. The summed E-state index contributed by atoms with van der Waals surface area (Å²) in [4.78, 5) is 32.6. The molecule has 9 heteroatoms. The van der Waals surface area contributed by atoms with Crippen molar-refractivity contribution in [3.8, 4) is 0 Å². The summed E-state index contributed by atoms with van der Waals surface area (Å²) in [5.41, 5.74) is 1.21. The first-order valence-corrected chi connectivity index (χ1v) is 11.1.